The van der Waals surface area contributed by atoms with Gasteiger partial charge >= 0.3 is 5.97 Å². The molecule has 1 aliphatic heterocycles. The third-order valence-electron chi connectivity index (χ3n) is 2.59. The standard InChI is InChI=1S/C9H17NO2/c1-7(9(11)12)8-5-3-2-4-6-10-8/h7-8,10H,2-6H2,1H3,(H,11,12)/t7-,8-/m0/s1. The first-order chi connectivity index (χ1) is 5.72. The van der Waals surface area contributed by atoms with E-state index >= 15 is 0 Å². The molecule has 3 heteroatoms. The second-order valence-electron chi connectivity index (χ2n) is 3.54. The third kappa shape index (κ3) is 2.48. The van der Waals surface area contributed by atoms with E-state index in [1.54, 1.807) is 6.92 Å². The molecule has 0 aliphatic carbocycles. The van der Waals surface area contributed by atoms with Crippen LogP contribution in [0.5, 0.6) is 0 Å². The van der Waals surface area contributed by atoms with Gasteiger partial charge in [0.2, 0.25) is 0 Å². The molecular formula is C9H17NO2. The van der Waals surface area contributed by atoms with E-state index in [4.69, 9.17) is 5.11 Å². The topological polar surface area (TPSA) is 49.3 Å². The fourth-order valence-corrected chi connectivity index (χ4v) is 1.65. The Hall–Kier alpha value is -0.570. The zero-order valence-electron chi connectivity index (χ0n) is 7.55. The van der Waals surface area contributed by atoms with Crippen LogP contribution in [-0.4, -0.2) is 23.7 Å². The first-order valence-electron chi connectivity index (χ1n) is 4.68. The van der Waals surface area contributed by atoms with Gasteiger partial charge in [0.25, 0.3) is 0 Å². The Morgan fingerprint density at radius 2 is 2.25 bits per heavy atom. The van der Waals surface area contributed by atoms with Crippen molar-refractivity contribution in [3.63, 3.8) is 0 Å². The predicted molar refractivity (Wildman–Crippen MR) is 47.1 cm³/mol. The Morgan fingerprint density at radius 3 is 2.92 bits per heavy atom. The zero-order valence-corrected chi connectivity index (χ0v) is 7.55. The van der Waals surface area contributed by atoms with E-state index in [1.807, 2.05) is 0 Å². The smallest absolute Gasteiger partial charge is 0.307 e. The van der Waals surface area contributed by atoms with Crippen molar-refractivity contribution in [1.29, 1.82) is 0 Å². The van der Waals surface area contributed by atoms with Crippen LogP contribution in [0.25, 0.3) is 0 Å². The number of carbonyl (C=O) groups is 1. The van der Waals surface area contributed by atoms with Crippen LogP contribution in [0, 0.1) is 5.92 Å². The summed E-state index contributed by atoms with van der Waals surface area (Å²) in [6.07, 6.45) is 4.58. The second-order valence-corrected chi connectivity index (χ2v) is 3.54. The van der Waals surface area contributed by atoms with Crippen LogP contribution in [0.4, 0.5) is 0 Å². The minimum atomic E-state index is -0.686. The molecule has 0 unspecified atom stereocenters. The van der Waals surface area contributed by atoms with Gasteiger partial charge in [0.15, 0.2) is 0 Å². The molecule has 1 saturated heterocycles. The molecular weight excluding hydrogens is 154 g/mol. The van der Waals surface area contributed by atoms with Crippen LogP contribution in [0.2, 0.25) is 0 Å². The van der Waals surface area contributed by atoms with Crippen molar-refractivity contribution in [3.05, 3.63) is 0 Å². The van der Waals surface area contributed by atoms with E-state index in [-0.39, 0.29) is 12.0 Å². The molecule has 0 saturated carbocycles. The summed E-state index contributed by atoms with van der Waals surface area (Å²) in [5.74, 6) is -0.933. The summed E-state index contributed by atoms with van der Waals surface area (Å²) in [6.45, 7) is 2.76. The van der Waals surface area contributed by atoms with Gasteiger partial charge in [-0.15, -0.1) is 0 Å². The number of carboxylic acids is 1. The van der Waals surface area contributed by atoms with Crippen molar-refractivity contribution in [2.75, 3.05) is 6.54 Å². The van der Waals surface area contributed by atoms with Crippen LogP contribution in [0.15, 0.2) is 0 Å². The minimum Gasteiger partial charge on any atom is -0.481 e. The van der Waals surface area contributed by atoms with Gasteiger partial charge in [-0.3, -0.25) is 4.79 Å². The number of rotatable bonds is 2. The van der Waals surface area contributed by atoms with Gasteiger partial charge in [-0.05, 0) is 19.4 Å². The maximum Gasteiger partial charge on any atom is 0.307 e. The van der Waals surface area contributed by atoms with Crippen molar-refractivity contribution in [2.24, 2.45) is 5.92 Å². The molecule has 2 N–H and O–H groups in total. The highest BCUT2D eigenvalue weighted by molar-refractivity contribution is 5.70. The fourth-order valence-electron chi connectivity index (χ4n) is 1.65. The second kappa shape index (κ2) is 4.45. The van der Waals surface area contributed by atoms with Crippen LogP contribution >= 0.6 is 0 Å². The summed E-state index contributed by atoms with van der Waals surface area (Å²) < 4.78 is 0. The van der Waals surface area contributed by atoms with Gasteiger partial charge in [-0.1, -0.05) is 19.8 Å². The Kier molecular flexibility index (Phi) is 3.53. The molecule has 0 bridgehead atoms. The highest BCUT2D eigenvalue weighted by Crippen LogP contribution is 2.15. The fraction of sp³-hybridized carbons (Fsp3) is 0.889. The predicted octanol–water partition coefficient (Wildman–Crippen LogP) is 1.24. The molecule has 70 valence electrons. The normalized spacial score (nSPS) is 27.6. The van der Waals surface area contributed by atoms with Gasteiger partial charge in [0.05, 0.1) is 5.92 Å². The van der Waals surface area contributed by atoms with Gasteiger partial charge in [-0.2, -0.15) is 0 Å². The quantitative estimate of drug-likeness (QED) is 0.657. The SMILES string of the molecule is C[C@H](C(=O)O)[C@@H]1CCCCCN1. The lowest BCUT2D eigenvalue weighted by atomic mass is 9.98. The molecule has 0 aromatic heterocycles. The van der Waals surface area contributed by atoms with E-state index in [0.29, 0.717) is 0 Å². The van der Waals surface area contributed by atoms with Crippen LogP contribution in [-0.2, 0) is 4.79 Å². The molecule has 0 amide bonds. The summed E-state index contributed by atoms with van der Waals surface area (Å²) in [6, 6.07) is 0.185. The largest absolute Gasteiger partial charge is 0.481 e. The van der Waals surface area contributed by atoms with Crippen molar-refractivity contribution in [3.8, 4) is 0 Å². The summed E-state index contributed by atoms with van der Waals surface area (Å²) >= 11 is 0. The Balaban J connectivity index is 2.42. The molecule has 0 spiro atoms. The monoisotopic (exact) mass is 171 g/mol. The van der Waals surface area contributed by atoms with Gasteiger partial charge < -0.3 is 10.4 Å². The van der Waals surface area contributed by atoms with Crippen LogP contribution in [0.3, 0.4) is 0 Å². The van der Waals surface area contributed by atoms with E-state index in [9.17, 15) is 4.79 Å². The summed E-state index contributed by atoms with van der Waals surface area (Å²) in [4.78, 5) is 10.7. The Morgan fingerprint density at radius 1 is 1.50 bits per heavy atom. The molecule has 0 aromatic carbocycles. The number of hydrogen-bond acceptors (Lipinski definition) is 2. The highest BCUT2D eigenvalue weighted by Gasteiger charge is 2.23. The molecule has 1 aliphatic rings. The molecule has 1 rings (SSSR count). The lowest BCUT2D eigenvalue weighted by Gasteiger charge is -2.19. The number of carboxylic acid groups (broad SMARTS) is 1. The maximum absolute atomic E-state index is 10.7. The molecule has 1 fully saturated rings. The van der Waals surface area contributed by atoms with Crippen molar-refractivity contribution in [1.82, 2.24) is 5.32 Å². The lowest BCUT2D eigenvalue weighted by molar-refractivity contribution is -0.142. The molecule has 0 radical (unpaired) electrons. The number of nitrogens with one attached hydrogen (secondary N) is 1. The Bertz CT molecular complexity index is 151. The average molecular weight is 171 g/mol. The molecule has 1 heterocycles. The first kappa shape index (κ1) is 9.52. The summed E-state index contributed by atoms with van der Waals surface area (Å²) in [5.41, 5.74) is 0. The summed E-state index contributed by atoms with van der Waals surface area (Å²) in [5, 5.41) is 12.1. The highest BCUT2D eigenvalue weighted by atomic mass is 16.4. The zero-order chi connectivity index (χ0) is 8.97. The maximum atomic E-state index is 10.7. The minimum absolute atomic E-state index is 0.185. The first-order valence-corrected chi connectivity index (χ1v) is 4.68. The third-order valence-corrected chi connectivity index (χ3v) is 2.59. The average Bonchev–Trinajstić information content (AvgIpc) is 2.30. The number of hydrogen-bond donors (Lipinski definition) is 2. The van der Waals surface area contributed by atoms with E-state index in [1.165, 1.54) is 12.8 Å². The van der Waals surface area contributed by atoms with Crippen LogP contribution in [0.1, 0.15) is 32.6 Å². The summed E-state index contributed by atoms with van der Waals surface area (Å²) in [7, 11) is 0. The molecule has 2 atom stereocenters. The lowest BCUT2D eigenvalue weighted by Crippen LogP contribution is -2.37. The van der Waals surface area contributed by atoms with Gasteiger partial charge in [-0.25, -0.2) is 0 Å². The van der Waals surface area contributed by atoms with Gasteiger partial charge in [0.1, 0.15) is 0 Å². The Labute approximate surface area is 73.2 Å². The van der Waals surface area contributed by atoms with Crippen molar-refractivity contribution < 1.29 is 9.90 Å². The van der Waals surface area contributed by atoms with E-state index < -0.39 is 5.97 Å². The number of aliphatic carboxylic acids is 1. The van der Waals surface area contributed by atoms with E-state index in [2.05, 4.69) is 5.32 Å². The molecule has 3 nitrogen and oxygen atoms in total. The van der Waals surface area contributed by atoms with Crippen molar-refractivity contribution >= 4 is 5.97 Å². The molecule has 12 heavy (non-hydrogen) atoms. The van der Waals surface area contributed by atoms with Crippen LogP contribution < -0.4 is 5.32 Å². The van der Waals surface area contributed by atoms with Gasteiger partial charge in [0, 0.05) is 6.04 Å². The van der Waals surface area contributed by atoms with Crippen molar-refractivity contribution in [2.45, 2.75) is 38.6 Å². The molecule has 0 aromatic rings. The van der Waals surface area contributed by atoms with E-state index in [0.717, 1.165) is 19.4 Å².